The predicted octanol–water partition coefficient (Wildman–Crippen LogP) is 3.15. The van der Waals surface area contributed by atoms with Gasteiger partial charge in [0, 0.05) is 36.1 Å². The van der Waals surface area contributed by atoms with Gasteiger partial charge >= 0.3 is 11.9 Å². The lowest BCUT2D eigenvalue weighted by Crippen LogP contribution is -2.45. The van der Waals surface area contributed by atoms with Crippen molar-refractivity contribution in [2.75, 3.05) is 13.2 Å². The van der Waals surface area contributed by atoms with Crippen LogP contribution in [0.2, 0.25) is 0 Å². The summed E-state index contributed by atoms with van der Waals surface area (Å²) in [5.74, 6) is -2.49. The standard InChI is InChI=1S/C24H30FN3O5S/c1-24(2,23(32)28-9-3-4-16(28)11-21(29)30)12-17-6-8-20(34-17)22(31)33-19-7-5-15(10-18(19)25)13-27-14-26/h5-8,10,16,27H,3-4,9,11-14,26H2,1-2H3,(H,29,30)/t16-/m0/s1. The molecule has 1 atom stereocenters. The number of rotatable bonds is 10. The predicted molar refractivity (Wildman–Crippen MR) is 126 cm³/mol. The van der Waals surface area contributed by atoms with Crippen LogP contribution >= 0.6 is 11.3 Å². The third-order valence-corrected chi connectivity index (χ3v) is 6.84. The van der Waals surface area contributed by atoms with Gasteiger partial charge < -0.3 is 25.8 Å². The second kappa shape index (κ2) is 11.1. The molecule has 8 nitrogen and oxygen atoms in total. The summed E-state index contributed by atoms with van der Waals surface area (Å²) in [5, 5.41) is 12.0. The van der Waals surface area contributed by atoms with Gasteiger partial charge in [-0.2, -0.15) is 0 Å². The first kappa shape index (κ1) is 25.8. The maximum absolute atomic E-state index is 14.3. The fourth-order valence-corrected chi connectivity index (χ4v) is 5.22. The highest BCUT2D eigenvalue weighted by atomic mass is 32.1. The molecule has 10 heteroatoms. The quantitative estimate of drug-likeness (QED) is 0.265. The number of nitrogens with two attached hydrogens (primary N) is 1. The molecule has 4 N–H and O–H groups in total. The number of carbonyl (C=O) groups excluding carboxylic acids is 2. The van der Waals surface area contributed by atoms with E-state index < -0.39 is 23.2 Å². The molecule has 2 heterocycles. The number of hydrogen-bond acceptors (Lipinski definition) is 7. The van der Waals surface area contributed by atoms with Crippen LogP contribution in [0.1, 0.15) is 53.2 Å². The van der Waals surface area contributed by atoms with Gasteiger partial charge in [-0.1, -0.05) is 19.9 Å². The Labute approximate surface area is 201 Å². The Kier molecular flexibility index (Phi) is 8.40. The Morgan fingerprint density at radius 1 is 1.29 bits per heavy atom. The zero-order chi connectivity index (χ0) is 24.9. The molecule has 0 unspecified atom stereocenters. The van der Waals surface area contributed by atoms with Gasteiger partial charge in [-0.3, -0.25) is 9.59 Å². The molecule has 0 spiro atoms. The molecule has 0 aliphatic carbocycles. The normalized spacial score (nSPS) is 16.0. The summed E-state index contributed by atoms with van der Waals surface area (Å²) in [4.78, 5) is 39.6. The van der Waals surface area contributed by atoms with Gasteiger partial charge in [0.25, 0.3) is 0 Å². The number of nitrogens with zero attached hydrogens (tertiary/aromatic N) is 1. The van der Waals surface area contributed by atoms with Crippen molar-refractivity contribution in [2.45, 2.75) is 52.1 Å². The minimum atomic E-state index is -0.915. The monoisotopic (exact) mass is 491 g/mol. The number of carboxylic acids is 1. The topological polar surface area (TPSA) is 122 Å². The molecule has 0 radical (unpaired) electrons. The molecular weight excluding hydrogens is 461 g/mol. The maximum atomic E-state index is 14.3. The summed E-state index contributed by atoms with van der Waals surface area (Å²) in [6.45, 7) is 4.86. The van der Waals surface area contributed by atoms with Gasteiger partial charge in [0.05, 0.1) is 6.42 Å². The molecule has 1 amide bonds. The Morgan fingerprint density at radius 2 is 2.06 bits per heavy atom. The van der Waals surface area contributed by atoms with Crippen molar-refractivity contribution in [1.29, 1.82) is 0 Å². The van der Waals surface area contributed by atoms with Gasteiger partial charge in [0.2, 0.25) is 5.91 Å². The Morgan fingerprint density at radius 3 is 2.74 bits per heavy atom. The lowest BCUT2D eigenvalue weighted by Gasteiger charge is -2.32. The average molecular weight is 492 g/mol. The summed E-state index contributed by atoms with van der Waals surface area (Å²) in [6, 6.07) is 7.41. The molecule has 1 saturated heterocycles. The number of amides is 1. The van der Waals surface area contributed by atoms with E-state index in [4.69, 9.17) is 15.6 Å². The van der Waals surface area contributed by atoms with E-state index in [0.717, 1.165) is 11.3 Å². The van der Waals surface area contributed by atoms with Gasteiger partial charge in [-0.15, -0.1) is 11.3 Å². The lowest BCUT2D eigenvalue weighted by atomic mass is 9.86. The number of carbonyl (C=O) groups is 3. The van der Waals surface area contributed by atoms with Crippen molar-refractivity contribution in [3.63, 3.8) is 0 Å². The zero-order valence-corrected chi connectivity index (χ0v) is 20.1. The number of esters is 1. The van der Waals surface area contributed by atoms with Crippen LogP contribution in [0.4, 0.5) is 4.39 Å². The molecule has 34 heavy (non-hydrogen) atoms. The highest BCUT2D eigenvalue weighted by Gasteiger charge is 2.38. The molecule has 1 aromatic heterocycles. The van der Waals surface area contributed by atoms with Gasteiger partial charge in [0.1, 0.15) is 4.88 Å². The maximum Gasteiger partial charge on any atom is 0.353 e. The van der Waals surface area contributed by atoms with Crippen LogP contribution < -0.4 is 15.8 Å². The van der Waals surface area contributed by atoms with Gasteiger partial charge in [-0.05, 0) is 49.1 Å². The van der Waals surface area contributed by atoms with Crippen molar-refractivity contribution >= 4 is 29.2 Å². The SMILES string of the molecule is CC(C)(Cc1ccc(C(=O)Oc2ccc(CNCN)cc2F)s1)C(=O)N1CCC[C@H]1CC(=O)O. The fraction of sp³-hybridized carbons (Fsp3) is 0.458. The van der Waals surface area contributed by atoms with Crippen molar-refractivity contribution in [3.8, 4) is 5.75 Å². The van der Waals surface area contributed by atoms with E-state index in [0.29, 0.717) is 36.4 Å². The first-order valence-corrected chi connectivity index (χ1v) is 12.0. The number of thiophene rings is 1. The molecule has 0 saturated carbocycles. The van der Waals surface area contributed by atoms with Crippen LogP contribution in [0.3, 0.4) is 0 Å². The molecular formula is C24H30FN3O5S. The van der Waals surface area contributed by atoms with E-state index in [1.165, 1.54) is 23.5 Å². The van der Waals surface area contributed by atoms with Crippen LogP contribution in [-0.2, 0) is 22.6 Å². The van der Waals surface area contributed by atoms with E-state index in [1.54, 1.807) is 23.1 Å². The Bertz CT molecular complexity index is 1050. The number of nitrogens with one attached hydrogen (secondary N) is 1. The van der Waals surface area contributed by atoms with E-state index >= 15 is 0 Å². The fourth-order valence-electron chi connectivity index (χ4n) is 4.10. The third kappa shape index (κ3) is 6.40. The first-order chi connectivity index (χ1) is 16.1. The average Bonchev–Trinajstić information content (AvgIpc) is 3.42. The number of hydrogen-bond donors (Lipinski definition) is 3. The van der Waals surface area contributed by atoms with Crippen LogP contribution in [-0.4, -0.2) is 47.1 Å². The number of likely N-dealkylation sites (tertiary alicyclic amines) is 1. The van der Waals surface area contributed by atoms with Crippen molar-refractivity contribution in [2.24, 2.45) is 11.1 Å². The second-order valence-corrected chi connectivity index (χ2v) is 10.2. The Balaban J connectivity index is 1.63. The Hall–Kier alpha value is -2.82. The molecule has 0 bridgehead atoms. The third-order valence-electron chi connectivity index (χ3n) is 5.78. The summed E-state index contributed by atoms with van der Waals surface area (Å²) in [5.41, 5.74) is 5.28. The summed E-state index contributed by atoms with van der Waals surface area (Å²) in [7, 11) is 0. The van der Waals surface area contributed by atoms with E-state index in [-0.39, 0.29) is 30.8 Å². The van der Waals surface area contributed by atoms with E-state index in [9.17, 15) is 18.8 Å². The molecule has 1 aliphatic heterocycles. The lowest BCUT2D eigenvalue weighted by molar-refractivity contribution is -0.144. The number of carboxylic acid groups (broad SMARTS) is 1. The molecule has 3 rings (SSSR count). The van der Waals surface area contributed by atoms with Gasteiger partial charge in [-0.25, -0.2) is 9.18 Å². The molecule has 1 fully saturated rings. The number of benzene rings is 1. The van der Waals surface area contributed by atoms with Crippen LogP contribution in [0.5, 0.6) is 5.75 Å². The molecule has 2 aromatic rings. The number of ether oxygens (including phenoxy) is 1. The van der Waals surface area contributed by atoms with Crippen LogP contribution in [0.25, 0.3) is 0 Å². The highest BCUT2D eigenvalue weighted by molar-refractivity contribution is 7.14. The van der Waals surface area contributed by atoms with Gasteiger partial charge in [0.15, 0.2) is 11.6 Å². The minimum absolute atomic E-state index is 0.0577. The van der Waals surface area contributed by atoms with Crippen LogP contribution in [0.15, 0.2) is 30.3 Å². The summed E-state index contributed by atoms with van der Waals surface area (Å²) in [6.07, 6.45) is 1.80. The zero-order valence-electron chi connectivity index (χ0n) is 19.3. The minimum Gasteiger partial charge on any atom is -0.481 e. The highest BCUT2D eigenvalue weighted by Crippen LogP contribution is 2.33. The summed E-state index contributed by atoms with van der Waals surface area (Å²) < 4.78 is 19.6. The molecule has 1 aliphatic rings. The van der Waals surface area contributed by atoms with E-state index in [2.05, 4.69) is 5.32 Å². The molecule has 1 aromatic carbocycles. The molecule has 184 valence electrons. The first-order valence-electron chi connectivity index (χ1n) is 11.1. The van der Waals surface area contributed by atoms with Crippen molar-refractivity contribution in [1.82, 2.24) is 10.2 Å². The van der Waals surface area contributed by atoms with Crippen LogP contribution in [0, 0.1) is 11.2 Å². The summed E-state index contributed by atoms with van der Waals surface area (Å²) >= 11 is 1.19. The smallest absolute Gasteiger partial charge is 0.353 e. The van der Waals surface area contributed by atoms with Crippen molar-refractivity contribution < 1.29 is 28.6 Å². The number of halogens is 1. The second-order valence-electron chi connectivity index (χ2n) is 9.00. The number of aliphatic carboxylic acids is 1. The largest absolute Gasteiger partial charge is 0.481 e. The van der Waals surface area contributed by atoms with E-state index in [1.807, 2.05) is 13.8 Å². The van der Waals surface area contributed by atoms with Crippen molar-refractivity contribution in [3.05, 3.63) is 51.5 Å².